The molecule has 0 aromatic heterocycles. The van der Waals surface area contributed by atoms with Crippen molar-refractivity contribution in [2.75, 3.05) is 5.75 Å². The molecule has 1 heterocycles. The molecule has 10 heavy (non-hydrogen) atoms. The summed E-state index contributed by atoms with van der Waals surface area (Å²) in [5.41, 5.74) is 0. The summed E-state index contributed by atoms with van der Waals surface area (Å²) < 4.78 is 3.07. The van der Waals surface area contributed by atoms with E-state index in [0.29, 0.717) is 0 Å². The molecule has 60 valence electrons. The topological polar surface area (TPSA) is 0 Å². The van der Waals surface area contributed by atoms with Gasteiger partial charge in [-0.1, -0.05) is 0 Å². The molecular weight excluding hydrogens is 267 g/mol. The van der Waals surface area contributed by atoms with Gasteiger partial charge in [0, 0.05) is 0 Å². The molecule has 1 aliphatic rings. The van der Waals surface area contributed by atoms with Gasteiger partial charge in [0.2, 0.25) is 0 Å². The summed E-state index contributed by atoms with van der Waals surface area (Å²) >= 11 is -1.52. The van der Waals surface area contributed by atoms with Crippen molar-refractivity contribution in [3.8, 4) is 0 Å². The Bertz CT molecular complexity index is 112. The molecule has 1 atom stereocenters. The Balaban J connectivity index is 2.51. The fourth-order valence-corrected chi connectivity index (χ4v) is 32.1. The van der Waals surface area contributed by atoms with Crippen LogP contribution >= 0.6 is 17.9 Å². The minimum absolute atomic E-state index is 0.973. The first-order valence-corrected chi connectivity index (χ1v) is 16.9. The van der Waals surface area contributed by atoms with E-state index in [1.54, 1.807) is 0 Å². The van der Waals surface area contributed by atoms with Gasteiger partial charge in [0.1, 0.15) is 0 Å². The van der Waals surface area contributed by atoms with Gasteiger partial charge in [-0.05, 0) is 0 Å². The third-order valence-electron chi connectivity index (χ3n) is 2.07. The molecule has 0 N–H and O–H groups in total. The minimum atomic E-state index is -1.52. The van der Waals surface area contributed by atoms with E-state index >= 15 is 0 Å². The van der Waals surface area contributed by atoms with Crippen molar-refractivity contribution in [3.05, 3.63) is 0 Å². The van der Waals surface area contributed by atoms with Crippen molar-refractivity contribution in [3.63, 3.8) is 0 Å². The van der Waals surface area contributed by atoms with Gasteiger partial charge in [-0.25, -0.2) is 0 Å². The van der Waals surface area contributed by atoms with Crippen LogP contribution in [0.5, 0.6) is 0 Å². The zero-order chi connectivity index (χ0) is 7.61. The van der Waals surface area contributed by atoms with Crippen LogP contribution in [0.3, 0.4) is 0 Å². The predicted molar refractivity (Wildman–Crippen MR) is 56.2 cm³/mol. The van der Waals surface area contributed by atoms with Crippen LogP contribution in [0.4, 0.5) is 0 Å². The second kappa shape index (κ2) is 3.94. The SMILES string of the molecule is C[CH2][Sn]1([CH2]C)[S]CC(C)[S]1. The average Bonchev–Trinajstić information content (AvgIpc) is 2.33. The molecule has 0 aliphatic carbocycles. The van der Waals surface area contributed by atoms with E-state index < -0.39 is 15.6 Å². The van der Waals surface area contributed by atoms with Gasteiger partial charge in [0.15, 0.2) is 0 Å². The van der Waals surface area contributed by atoms with Crippen LogP contribution in [-0.2, 0) is 0 Å². The van der Waals surface area contributed by atoms with Gasteiger partial charge in [0.25, 0.3) is 0 Å². The Labute approximate surface area is 73.7 Å². The first-order chi connectivity index (χ1) is 4.72. The van der Waals surface area contributed by atoms with Gasteiger partial charge in [-0.15, -0.1) is 0 Å². The van der Waals surface area contributed by atoms with Crippen LogP contribution in [0, 0.1) is 0 Å². The fourth-order valence-electron chi connectivity index (χ4n) is 1.32. The summed E-state index contributed by atoms with van der Waals surface area (Å²) in [6.45, 7) is 7.19. The zero-order valence-corrected chi connectivity index (χ0v) is 11.5. The van der Waals surface area contributed by atoms with Gasteiger partial charge in [0.05, 0.1) is 0 Å². The molecule has 0 aromatic carbocycles. The Morgan fingerprint density at radius 3 is 2.20 bits per heavy atom. The first kappa shape index (κ1) is 9.59. The van der Waals surface area contributed by atoms with E-state index in [9.17, 15) is 0 Å². The van der Waals surface area contributed by atoms with Crippen molar-refractivity contribution in [1.29, 1.82) is 0 Å². The standard InChI is InChI=1S/C3H8S2.2C2H5.Sn/c1-3(5)2-4;2*1-2;/h3-5H,2H2,1H3;2*1H2,2H3;/q;;;+2/p-2. The fraction of sp³-hybridized carbons (Fsp3) is 1.00. The zero-order valence-electron chi connectivity index (χ0n) is 7.02. The van der Waals surface area contributed by atoms with Gasteiger partial charge in [-0.2, -0.15) is 0 Å². The van der Waals surface area contributed by atoms with Crippen molar-refractivity contribution < 1.29 is 0 Å². The van der Waals surface area contributed by atoms with E-state index in [1.807, 2.05) is 0 Å². The van der Waals surface area contributed by atoms with Crippen molar-refractivity contribution in [2.24, 2.45) is 0 Å². The summed E-state index contributed by atoms with van der Waals surface area (Å²) in [4.78, 5) is 0. The van der Waals surface area contributed by atoms with Crippen LogP contribution in [0.15, 0.2) is 0 Å². The Morgan fingerprint density at radius 1 is 1.40 bits per heavy atom. The summed E-state index contributed by atoms with van der Waals surface area (Å²) in [6.07, 6.45) is 0. The summed E-state index contributed by atoms with van der Waals surface area (Å²) in [7, 11) is 4.76. The molecule has 0 aromatic rings. The maximum atomic E-state index is 2.40. The van der Waals surface area contributed by atoms with Crippen LogP contribution in [0.1, 0.15) is 20.8 Å². The third-order valence-corrected chi connectivity index (χ3v) is 35.7. The van der Waals surface area contributed by atoms with Crippen molar-refractivity contribution in [1.82, 2.24) is 0 Å². The molecule has 0 spiro atoms. The Kier molecular flexibility index (Phi) is 3.78. The summed E-state index contributed by atoms with van der Waals surface area (Å²) in [5.74, 6) is 1.45. The van der Waals surface area contributed by atoms with Crippen molar-refractivity contribution in [2.45, 2.75) is 34.9 Å². The van der Waals surface area contributed by atoms with E-state index in [4.69, 9.17) is 0 Å². The molecule has 1 aliphatic heterocycles. The molecule has 1 unspecified atom stereocenters. The van der Waals surface area contributed by atoms with E-state index in [-0.39, 0.29) is 0 Å². The first-order valence-electron chi connectivity index (χ1n) is 4.04. The van der Waals surface area contributed by atoms with Crippen molar-refractivity contribution >= 4 is 33.5 Å². The number of hydrogen-bond acceptors (Lipinski definition) is 2. The monoisotopic (exact) mass is 284 g/mol. The predicted octanol–water partition coefficient (Wildman–Crippen LogP) is 3.34. The van der Waals surface area contributed by atoms with Crippen LogP contribution < -0.4 is 0 Å². The van der Waals surface area contributed by atoms with Crippen LogP contribution in [0.2, 0.25) is 8.87 Å². The molecule has 1 fully saturated rings. The number of hydrogen-bond donors (Lipinski definition) is 0. The molecule has 1 rings (SSSR count). The summed E-state index contributed by atoms with van der Waals surface area (Å²) in [5, 5.41) is 0.973. The molecule has 0 saturated carbocycles. The van der Waals surface area contributed by atoms with Gasteiger partial charge in [-0.3, -0.25) is 0 Å². The average molecular weight is 283 g/mol. The van der Waals surface area contributed by atoms with Gasteiger partial charge < -0.3 is 0 Å². The maximum absolute atomic E-state index is 2.40. The van der Waals surface area contributed by atoms with E-state index in [2.05, 4.69) is 38.7 Å². The second-order valence-corrected chi connectivity index (χ2v) is 30.5. The van der Waals surface area contributed by atoms with E-state index in [0.717, 1.165) is 5.25 Å². The number of rotatable bonds is 2. The Morgan fingerprint density at radius 2 is 2.00 bits per heavy atom. The molecule has 1 saturated heterocycles. The summed E-state index contributed by atoms with van der Waals surface area (Å²) in [6, 6.07) is 0. The molecule has 0 amide bonds. The Hall–Kier alpha value is 1.50. The normalized spacial score (nSPS) is 30.9. The molecule has 0 radical (unpaired) electrons. The van der Waals surface area contributed by atoms with E-state index in [1.165, 1.54) is 14.6 Å². The van der Waals surface area contributed by atoms with Crippen LogP contribution in [0.25, 0.3) is 0 Å². The van der Waals surface area contributed by atoms with Crippen LogP contribution in [-0.4, -0.2) is 26.6 Å². The molecular formula is C7H16S2Sn. The molecule has 3 heteroatoms. The quantitative estimate of drug-likeness (QED) is 0.713. The third kappa shape index (κ3) is 2.00. The second-order valence-electron chi connectivity index (χ2n) is 2.86. The molecule has 0 bridgehead atoms. The molecule has 0 nitrogen and oxygen atoms in total. The van der Waals surface area contributed by atoms with Gasteiger partial charge >= 0.3 is 74.2 Å².